The minimum atomic E-state index is -0.980. The molecule has 1 aliphatic heterocycles. The fraction of sp³-hybridized carbons (Fsp3) is 0.375. The first-order chi connectivity index (χ1) is 14.8. The molecule has 2 aromatic carbocycles. The third kappa shape index (κ3) is 3.34. The topological polar surface area (TPSA) is 87.5 Å². The number of piperidine rings is 1. The van der Waals surface area contributed by atoms with Gasteiger partial charge in [0.15, 0.2) is 0 Å². The minimum Gasteiger partial charge on any atom is -0.478 e. The number of benzene rings is 2. The largest absolute Gasteiger partial charge is 0.478 e. The Hall–Kier alpha value is -3.35. The predicted octanol–water partition coefficient (Wildman–Crippen LogP) is 3.57. The molecule has 0 amide bonds. The summed E-state index contributed by atoms with van der Waals surface area (Å²) in [5.41, 5.74) is 3.24. The van der Waals surface area contributed by atoms with Gasteiger partial charge in [-0.2, -0.15) is 0 Å². The second-order valence-corrected chi connectivity index (χ2v) is 8.90. The lowest BCUT2D eigenvalue weighted by atomic mass is 10.0. The van der Waals surface area contributed by atoms with Crippen molar-refractivity contribution in [3.63, 3.8) is 0 Å². The molecule has 1 aliphatic carbocycles. The number of hydrogen-bond acceptors (Lipinski definition) is 5. The van der Waals surface area contributed by atoms with E-state index in [9.17, 15) is 14.7 Å². The molecule has 7 heteroatoms. The summed E-state index contributed by atoms with van der Waals surface area (Å²) in [6, 6.07) is 10.5. The smallest absolute Gasteiger partial charge is 0.337 e. The number of nitrogens with zero attached hydrogens (tertiary/aromatic N) is 3. The summed E-state index contributed by atoms with van der Waals surface area (Å²) < 4.78 is 1.66. The van der Waals surface area contributed by atoms with Gasteiger partial charge in [-0.25, -0.2) is 9.78 Å². The molecule has 3 aromatic rings. The molecule has 2 aliphatic rings. The molecule has 31 heavy (non-hydrogen) atoms. The number of carboxylic acids is 1. The van der Waals surface area contributed by atoms with Gasteiger partial charge in [-0.05, 0) is 55.9 Å². The molecular formula is C24H26N4O3. The van der Waals surface area contributed by atoms with Crippen molar-refractivity contribution in [2.75, 3.05) is 23.3 Å². The number of para-hydroxylation sites is 1. The monoisotopic (exact) mass is 418 g/mol. The summed E-state index contributed by atoms with van der Waals surface area (Å²) in [6.45, 7) is 5.84. The van der Waals surface area contributed by atoms with Gasteiger partial charge in [0.25, 0.3) is 5.56 Å². The second kappa shape index (κ2) is 7.11. The lowest BCUT2D eigenvalue weighted by Gasteiger charge is -2.24. The van der Waals surface area contributed by atoms with E-state index in [0.717, 1.165) is 36.1 Å². The van der Waals surface area contributed by atoms with E-state index in [-0.39, 0.29) is 17.2 Å². The Morgan fingerprint density at radius 1 is 1.23 bits per heavy atom. The van der Waals surface area contributed by atoms with Crippen molar-refractivity contribution in [1.82, 2.24) is 9.55 Å². The van der Waals surface area contributed by atoms with Gasteiger partial charge < -0.3 is 15.3 Å². The van der Waals surface area contributed by atoms with Crippen molar-refractivity contribution < 1.29 is 9.90 Å². The number of aryl methyl sites for hydroxylation is 1. The molecule has 5 rings (SSSR count). The highest BCUT2D eigenvalue weighted by Crippen LogP contribution is 2.46. The summed E-state index contributed by atoms with van der Waals surface area (Å²) >= 11 is 0. The molecular weight excluding hydrogens is 392 g/mol. The van der Waals surface area contributed by atoms with Crippen LogP contribution in [0.25, 0.3) is 10.9 Å². The molecule has 1 saturated carbocycles. The maximum absolute atomic E-state index is 13.2. The van der Waals surface area contributed by atoms with Crippen LogP contribution in [-0.2, 0) is 7.05 Å². The van der Waals surface area contributed by atoms with Crippen LogP contribution in [0.3, 0.4) is 0 Å². The van der Waals surface area contributed by atoms with Crippen molar-refractivity contribution >= 4 is 28.5 Å². The van der Waals surface area contributed by atoms with Gasteiger partial charge >= 0.3 is 5.97 Å². The van der Waals surface area contributed by atoms with Gasteiger partial charge in [-0.15, -0.1) is 0 Å². The number of aromatic carboxylic acids is 1. The summed E-state index contributed by atoms with van der Waals surface area (Å²) in [7, 11) is 1.79. The number of hydrogen-bond donors (Lipinski definition) is 2. The van der Waals surface area contributed by atoms with Crippen molar-refractivity contribution in [1.29, 1.82) is 0 Å². The highest BCUT2D eigenvalue weighted by Gasteiger charge is 2.46. The predicted molar refractivity (Wildman–Crippen MR) is 121 cm³/mol. The van der Waals surface area contributed by atoms with Crippen LogP contribution in [0.2, 0.25) is 0 Å². The lowest BCUT2D eigenvalue weighted by Crippen LogP contribution is -2.31. The van der Waals surface area contributed by atoms with Crippen molar-refractivity contribution in [2.45, 2.75) is 26.3 Å². The summed E-state index contributed by atoms with van der Waals surface area (Å²) in [5, 5.41) is 13.4. The standard InChI is InChI=1S/C24H26N4O3/c1-13-8-18(14(2)25-20-7-5-4-6-17(20)23(30)31)21-19(9-13)22(29)27(3)24(26-21)28-11-15-10-16(15)12-28/h4-9,14-16,25H,10-12H2,1-3H3,(H,30,31)/t14-,15?,16?/m1/s1. The lowest BCUT2D eigenvalue weighted by molar-refractivity contribution is 0.0698. The molecule has 2 unspecified atom stereocenters. The molecule has 0 radical (unpaired) electrons. The van der Waals surface area contributed by atoms with Gasteiger partial charge in [-0.1, -0.05) is 18.2 Å². The molecule has 7 nitrogen and oxygen atoms in total. The number of carbonyl (C=O) groups is 1. The Morgan fingerprint density at radius 3 is 2.65 bits per heavy atom. The zero-order valence-electron chi connectivity index (χ0n) is 17.9. The molecule has 160 valence electrons. The van der Waals surface area contributed by atoms with E-state index in [0.29, 0.717) is 22.5 Å². The number of fused-ring (bicyclic) bond motifs is 2. The Balaban J connectivity index is 1.60. The Bertz CT molecular complexity index is 1260. The zero-order chi connectivity index (χ0) is 21.9. The van der Waals surface area contributed by atoms with Gasteiger partial charge in [0.2, 0.25) is 5.95 Å². The zero-order valence-corrected chi connectivity index (χ0v) is 17.9. The molecule has 0 spiro atoms. The highest BCUT2D eigenvalue weighted by molar-refractivity contribution is 5.94. The van der Waals surface area contributed by atoms with Crippen LogP contribution in [0, 0.1) is 18.8 Å². The Morgan fingerprint density at radius 2 is 1.94 bits per heavy atom. The summed E-state index contributed by atoms with van der Waals surface area (Å²) in [4.78, 5) is 32.0. The molecule has 0 bridgehead atoms. The number of anilines is 2. The van der Waals surface area contributed by atoms with Gasteiger partial charge in [-0.3, -0.25) is 9.36 Å². The Labute approximate surface area is 180 Å². The SMILES string of the molecule is Cc1cc([C@@H](C)Nc2ccccc2C(=O)O)c2nc(N3CC4CC4C3)n(C)c(=O)c2c1. The summed E-state index contributed by atoms with van der Waals surface area (Å²) in [6.07, 6.45) is 1.28. The number of rotatable bonds is 5. The van der Waals surface area contributed by atoms with E-state index < -0.39 is 5.97 Å². The van der Waals surface area contributed by atoms with E-state index in [1.54, 1.807) is 35.9 Å². The Kier molecular flexibility index (Phi) is 4.50. The number of carboxylic acid groups (broad SMARTS) is 1. The number of nitrogens with one attached hydrogen (secondary N) is 1. The fourth-order valence-corrected chi connectivity index (χ4v) is 4.82. The molecule has 1 aromatic heterocycles. The molecule has 3 atom stereocenters. The van der Waals surface area contributed by atoms with Crippen LogP contribution in [0.1, 0.15) is 40.9 Å². The van der Waals surface area contributed by atoms with Crippen molar-refractivity contribution in [2.24, 2.45) is 18.9 Å². The molecule has 1 saturated heterocycles. The average molecular weight is 418 g/mol. The minimum absolute atomic E-state index is 0.0522. The van der Waals surface area contributed by atoms with Crippen molar-refractivity contribution in [3.8, 4) is 0 Å². The van der Waals surface area contributed by atoms with Crippen LogP contribution in [0.15, 0.2) is 41.2 Å². The molecule has 2 fully saturated rings. The summed E-state index contributed by atoms with van der Waals surface area (Å²) in [5.74, 6) is 1.20. The first kappa shape index (κ1) is 19.6. The van der Waals surface area contributed by atoms with E-state index in [1.165, 1.54) is 6.42 Å². The third-order valence-corrected chi connectivity index (χ3v) is 6.59. The van der Waals surface area contributed by atoms with E-state index in [2.05, 4.69) is 10.2 Å². The maximum Gasteiger partial charge on any atom is 0.337 e. The van der Waals surface area contributed by atoms with Crippen LogP contribution >= 0.6 is 0 Å². The average Bonchev–Trinajstić information content (AvgIpc) is 3.35. The quantitative estimate of drug-likeness (QED) is 0.659. The normalized spacial score (nSPS) is 20.5. The van der Waals surface area contributed by atoms with E-state index in [1.807, 2.05) is 26.0 Å². The van der Waals surface area contributed by atoms with Crippen molar-refractivity contribution in [3.05, 3.63) is 63.4 Å². The fourth-order valence-electron chi connectivity index (χ4n) is 4.82. The maximum atomic E-state index is 13.2. The van der Waals surface area contributed by atoms with E-state index >= 15 is 0 Å². The van der Waals surface area contributed by atoms with Crippen LogP contribution in [0.5, 0.6) is 0 Å². The molecule has 2 heterocycles. The van der Waals surface area contributed by atoms with Crippen LogP contribution in [0.4, 0.5) is 11.6 Å². The number of aromatic nitrogens is 2. The first-order valence-corrected chi connectivity index (χ1v) is 10.7. The third-order valence-electron chi connectivity index (χ3n) is 6.59. The van der Waals surface area contributed by atoms with Gasteiger partial charge in [0, 0.05) is 31.4 Å². The van der Waals surface area contributed by atoms with Crippen LogP contribution in [-0.4, -0.2) is 33.7 Å². The van der Waals surface area contributed by atoms with E-state index in [4.69, 9.17) is 4.98 Å². The first-order valence-electron chi connectivity index (χ1n) is 10.7. The highest BCUT2D eigenvalue weighted by atomic mass is 16.4. The van der Waals surface area contributed by atoms with Crippen LogP contribution < -0.4 is 15.8 Å². The van der Waals surface area contributed by atoms with Gasteiger partial charge in [0.05, 0.1) is 22.5 Å². The molecule has 2 N–H and O–H groups in total. The van der Waals surface area contributed by atoms with Gasteiger partial charge in [0.1, 0.15) is 0 Å². The second-order valence-electron chi connectivity index (χ2n) is 8.90.